The van der Waals surface area contributed by atoms with Crippen molar-refractivity contribution in [2.24, 2.45) is 0 Å². The number of thiophene rings is 1. The summed E-state index contributed by atoms with van der Waals surface area (Å²) in [5.74, 6) is 0. The van der Waals surface area contributed by atoms with E-state index >= 15 is 0 Å². The van der Waals surface area contributed by atoms with Crippen molar-refractivity contribution in [3.8, 4) is 44.6 Å². The number of nitrogens with zero attached hydrogens (tertiary/aromatic N) is 2. The van der Waals surface area contributed by atoms with Crippen LogP contribution in [0, 0.1) is 0 Å². The van der Waals surface area contributed by atoms with E-state index in [0.717, 1.165) is 43.6 Å². The molecule has 0 radical (unpaired) electrons. The largest absolute Gasteiger partial charge is 0.437 e. The molecule has 0 saturated heterocycles. The zero-order valence-electron chi connectivity index (χ0n) is 25.9. The summed E-state index contributed by atoms with van der Waals surface area (Å²) in [4.78, 5) is 10.7. The highest BCUT2D eigenvalue weighted by atomic mass is 32.1. The van der Waals surface area contributed by atoms with Gasteiger partial charge in [0.1, 0.15) is 10.4 Å². The predicted octanol–water partition coefficient (Wildman–Crippen LogP) is 12.1. The fourth-order valence-electron chi connectivity index (χ4n) is 7.64. The molecule has 0 N–H and O–H groups in total. The molecule has 9 aromatic rings. The van der Waals surface area contributed by atoms with Crippen molar-refractivity contribution in [1.29, 1.82) is 0 Å². The number of fused-ring (bicyclic) bond motifs is 9. The first-order valence-corrected chi connectivity index (χ1v) is 16.8. The first kappa shape index (κ1) is 26.6. The maximum Gasteiger partial charge on any atom is 0.227 e. The summed E-state index contributed by atoms with van der Waals surface area (Å²) >= 11 is 1.71. The monoisotopic (exact) mass is 620 g/mol. The number of aromatic nitrogens is 2. The van der Waals surface area contributed by atoms with Gasteiger partial charge < -0.3 is 4.42 Å². The number of benzene rings is 5. The van der Waals surface area contributed by atoms with Gasteiger partial charge in [-0.1, -0.05) is 105 Å². The molecule has 4 heterocycles. The lowest BCUT2D eigenvalue weighted by atomic mass is 9.81. The summed E-state index contributed by atoms with van der Waals surface area (Å²) in [5.41, 5.74) is 13.5. The number of furan rings is 1. The molecule has 1 aliphatic rings. The summed E-state index contributed by atoms with van der Waals surface area (Å²) in [6.45, 7) is 4.67. The maximum absolute atomic E-state index is 6.62. The molecular formula is C43H28N2OS. The number of hydrogen-bond acceptors (Lipinski definition) is 4. The molecule has 0 bridgehead atoms. The van der Waals surface area contributed by atoms with Crippen LogP contribution in [-0.4, -0.2) is 9.97 Å². The highest BCUT2D eigenvalue weighted by Gasteiger charge is 2.35. The van der Waals surface area contributed by atoms with Crippen LogP contribution in [0.25, 0.3) is 87.0 Å². The van der Waals surface area contributed by atoms with Crippen LogP contribution in [-0.2, 0) is 5.41 Å². The van der Waals surface area contributed by atoms with Crippen molar-refractivity contribution in [3.63, 3.8) is 0 Å². The first-order valence-electron chi connectivity index (χ1n) is 16.0. The van der Waals surface area contributed by atoms with Gasteiger partial charge in [-0.15, -0.1) is 11.3 Å². The Morgan fingerprint density at radius 1 is 0.553 bits per heavy atom. The van der Waals surface area contributed by atoms with Crippen molar-refractivity contribution in [2.45, 2.75) is 19.3 Å². The van der Waals surface area contributed by atoms with Crippen molar-refractivity contribution < 1.29 is 4.42 Å². The molecule has 3 nitrogen and oxygen atoms in total. The van der Waals surface area contributed by atoms with Crippen molar-refractivity contribution in [3.05, 3.63) is 145 Å². The summed E-state index contributed by atoms with van der Waals surface area (Å²) < 4.78 is 7.82. The molecule has 4 heteroatoms. The second-order valence-electron chi connectivity index (χ2n) is 13.0. The van der Waals surface area contributed by atoms with E-state index in [2.05, 4.69) is 140 Å². The Morgan fingerprint density at radius 3 is 2.23 bits per heavy atom. The number of hydrogen-bond donors (Lipinski definition) is 0. The highest BCUT2D eigenvalue weighted by Crippen LogP contribution is 2.49. The Labute approximate surface area is 275 Å². The molecule has 10 rings (SSSR count). The van der Waals surface area contributed by atoms with Crippen molar-refractivity contribution in [2.75, 3.05) is 0 Å². The average Bonchev–Trinajstić information content (AvgIpc) is 3.76. The molecule has 47 heavy (non-hydrogen) atoms. The van der Waals surface area contributed by atoms with Crippen LogP contribution in [0.1, 0.15) is 25.0 Å². The Hall–Kier alpha value is -5.58. The topological polar surface area (TPSA) is 38.9 Å². The Kier molecular flexibility index (Phi) is 5.50. The second kappa shape index (κ2) is 9.71. The van der Waals surface area contributed by atoms with E-state index in [1.807, 2.05) is 12.3 Å². The fourth-order valence-corrected chi connectivity index (χ4v) is 8.81. The van der Waals surface area contributed by atoms with Gasteiger partial charge in [-0.25, -0.2) is 9.97 Å². The lowest BCUT2D eigenvalue weighted by molar-refractivity contribution is 0.655. The molecule has 0 atom stereocenters. The molecule has 0 fully saturated rings. The van der Waals surface area contributed by atoms with Crippen LogP contribution in [0.15, 0.2) is 138 Å². The third-order valence-electron chi connectivity index (χ3n) is 10.0. The number of rotatable bonds is 3. The van der Waals surface area contributed by atoms with E-state index in [4.69, 9.17) is 9.40 Å². The maximum atomic E-state index is 6.62. The van der Waals surface area contributed by atoms with Gasteiger partial charge in [0, 0.05) is 49.0 Å². The average molecular weight is 621 g/mol. The predicted molar refractivity (Wildman–Crippen MR) is 196 cm³/mol. The van der Waals surface area contributed by atoms with Crippen LogP contribution in [0.3, 0.4) is 0 Å². The number of pyridine rings is 2. The van der Waals surface area contributed by atoms with Gasteiger partial charge >= 0.3 is 0 Å². The minimum atomic E-state index is -0.0370. The summed E-state index contributed by atoms with van der Waals surface area (Å²) in [6, 6.07) is 45.8. The fraction of sp³-hybridized carbons (Fsp3) is 0.0698. The highest BCUT2D eigenvalue weighted by molar-refractivity contribution is 7.26. The van der Waals surface area contributed by atoms with Crippen LogP contribution in [0.2, 0.25) is 0 Å². The van der Waals surface area contributed by atoms with E-state index in [-0.39, 0.29) is 5.41 Å². The van der Waals surface area contributed by atoms with Gasteiger partial charge in [-0.05, 0) is 75.3 Å². The number of para-hydroxylation sites is 1. The minimum Gasteiger partial charge on any atom is -0.437 e. The first-order chi connectivity index (χ1) is 23.0. The molecule has 0 aliphatic heterocycles. The second-order valence-corrected chi connectivity index (χ2v) is 14.0. The van der Waals surface area contributed by atoms with Gasteiger partial charge in [-0.3, -0.25) is 0 Å². The van der Waals surface area contributed by atoms with Crippen molar-refractivity contribution in [1.82, 2.24) is 9.97 Å². The Bertz CT molecular complexity index is 2730. The summed E-state index contributed by atoms with van der Waals surface area (Å²) in [7, 11) is 0. The minimum absolute atomic E-state index is 0.0370. The molecule has 0 amide bonds. The van der Waals surface area contributed by atoms with Gasteiger partial charge in [0.15, 0.2) is 0 Å². The lowest BCUT2D eigenvalue weighted by Crippen LogP contribution is -2.14. The molecule has 222 valence electrons. The van der Waals surface area contributed by atoms with Crippen LogP contribution < -0.4 is 0 Å². The van der Waals surface area contributed by atoms with Gasteiger partial charge in [0.05, 0.1) is 5.69 Å². The molecule has 0 unspecified atom stereocenters. The van der Waals surface area contributed by atoms with Gasteiger partial charge in [0.2, 0.25) is 5.71 Å². The zero-order valence-corrected chi connectivity index (χ0v) is 26.7. The molecule has 5 aromatic carbocycles. The molecule has 0 saturated carbocycles. The Morgan fingerprint density at radius 2 is 1.30 bits per heavy atom. The Balaban J connectivity index is 1.07. The summed E-state index contributed by atoms with van der Waals surface area (Å²) in [5, 5.41) is 4.48. The molecule has 1 aliphatic carbocycles. The molecule has 0 spiro atoms. The van der Waals surface area contributed by atoms with Gasteiger partial charge in [0.25, 0.3) is 0 Å². The van der Waals surface area contributed by atoms with Crippen molar-refractivity contribution >= 4 is 53.7 Å². The van der Waals surface area contributed by atoms with E-state index in [1.54, 1.807) is 11.3 Å². The van der Waals surface area contributed by atoms with E-state index < -0.39 is 0 Å². The summed E-state index contributed by atoms with van der Waals surface area (Å²) in [6.07, 6.45) is 1.86. The third kappa shape index (κ3) is 3.85. The van der Waals surface area contributed by atoms with E-state index in [0.29, 0.717) is 5.71 Å². The normalized spacial score (nSPS) is 13.5. The molecular weight excluding hydrogens is 593 g/mol. The van der Waals surface area contributed by atoms with Gasteiger partial charge in [-0.2, -0.15) is 0 Å². The molecule has 4 aromatic heterocycles. The van der Waals surface area contributed by atoms with Crippen LogP contribution in [0.5, 0.6) is 0 Å². The van der Waals surface area contributed by atoms with E-state index in [9.17, 15) is 0 Å². The zero-order chi connectivity index (χ0) is 31.3. The SMILES string of the molecule is CC1(C)c2ccccc2-c2ccc(-c3cccc(-c4cccc5c4oc4nc(-c6cccc7c6sc6ncccc67)ccc45)c3)cc21. The lowest BCUT2D eigenvalue weighted by Gasteiger charge is -2.22. The smallest absolute Gasteiger partial charge is 0.227 e. The van der Waals surface area contributed by atoms with Crippen LogP contribution >= 0.6 is 11.3 Å². The standard InChI is InChI=1S/C43H28N2OS/c1-43(2)36-17-4-3-11-29(36)30-19-18-26(24-37(30)43)25-9-5-10-27(23-25)28-12-6-13-31-33-20-21-38(45-41(33)46-39(28)31)35-15-7-14-32-34-16-8-22-44-42(34)47-40(32)35/h3-24H,1-2H3. The quantitative estimate of drug-likeness (QED) is 0.197. The third-order valence-corrected chi connectivity index (χ3v) is 11.2. The van der Waals surface area contributed by atoms with Crippen LogP contribution in [0.4, 0.5) is 0 Å². The van der Waals surface area contributed by atoms with E-state index in [1.165, 1.54) is 48.9 Å².